The van der Waals surface area contributed by atoms with E-state index >= 15 is 0 Å². The molecule has 2 aromatic heterocycles. The van der Waals surface area contributed by atoms with Crippen molar-refractivity contribution >= 4 is 28.8 Å². The first-order valence-corrected chi connectivity index (χ1v) is 8.37. The van der Waals surface area contributed by atoms with E-state index < -0.39 is 0 Å². The number of carbonyl (C=O) groups excluding carboxylic acids is 1. The molecule has 1 N–H and O–H groups in total. The highest BCUT2D eigenvalue weighted by Gasteiger charge is 2.25. The van der Waals surface area contributed by atoms with Crippen LogP contribution in [-0.4, -0.2) is 15.7 Å². The van der Waals surface area contributed by atoms with E-state index in [0.717, 1.165) is 39.7 Å². The van der Waals surface area contributed by atoms with Crippen LogP contribution in [0.5, 0.6) is 0 Å². The quantitative estimate of drug-likeness (QED) is 0.938. The summed E-state index contributed by atoms with van der Waals surface area (Å²) in [6.45, 7) is 4.76. The predicted octanol–water partition coefficient (Wildman–Crippen LogP) is 3.60. The number of aromatic nitrogens is 2. The average Bonchev–Trinajstić information content (AvgIpc) is 2.95. The number of hydrogen-bond donors (Lipinski definition) is 1. The molecule has 1 fully saturated rings. The van der Waals surface area contributed by atoms with Gasteiger partial charge in [0.15, 0.2) is 0 Å². The highest BCUT2D eigenvalue weighted by atomic mass is 35.5. The molecular weight excluding hydrogens is 306 g/mol. The lowest BCUT2D eigenvalue weighted by Gasteiger charge is -2.23. The van der Waals surface area contributed by atoms with Gasteiger partial charge in [-0.2, -0.15) is 5.10 Å². The van der Waals surface area contributed by atoms with Crippen LogP contribution in [0.2, 0.25) is 5.02 Å². The Balaban J connectivity index is 1.89. The molecule has 2 aromatic rings. The molecular formula is C15H18ClN3OS. The van der Waals surface area contributed by atoms with Gasteiger partial charge >= 0.3 is 0 Å². The summed E-state index contributed by atoms with van der Waals surface area (Å²) in [4.78, 5) is 12.7. The van der Waals surface area contributed by atoms with Crippen molar-refractivity contribution in [2.45, 2.75) is 45.7 Å². The summed E-state index contributed by atoms with van der Waals surface area (Å²) >= 11 is 7.81. The van der Waals surface area contributed by atoms with Gasteiger partial charge in [-0.1, -0.05) is 11.6 Å². The van der Waals surface area contributed by atoms with Crippen LogP contribution in [0, 0.1) is 13.8 Å². The Morgan fingerprint density at radius 1 is 1.52 bits per heavy atom. The van der Waals surface area contributed by atoms with Crippen LogP contribution in [0.4, 0.5) is 0 Å². The fourth-order valence-electron chi connectivity index (χ4n) is 2.96. The molecule has 6 heteroatoms. The number of nitrogens with one attached hydrogen (secondary N) is 1. The summed E-state index contributed by atoms with van der Waals surface area (Å²) < 4.78 is 1.99. The second kappa shape index (κ2) is 5.81. The highest BCUT2D eigenvalue weighted by Crippen LogP contribution is 2.30. The van der Waals surface area contributed by atoms with Gasteiger partial charge in [0.1, 0.15) is 0 Å². The molecule has 1 atom stereocenters. The minimum atomic E-state index is 0.0961. The zero-order valence-electron chi connectivity index (χ0n) is 12.1. The Kier molecular flexibility index (Phi) is 4.04. The number of hydrogen-bond acceptors (Lipinski definition) is 3. The molecule has 0 aliphatic carbocycles. The van der Waals surface area contributed by atoms with Gasteiger partial charge in [0.05, 0.1) is 23.3 Å². The van der Waals surface area contributed by atoms with Crippen molar-refractivity contribution < 1.29 is 4.79 Å². The number of rotatable bonds is 3. The summed E-state index contributed by atoms with van der Waals surface area (Å²) in [5.41, 5.74) is 3.27. The van der Waals surface area contributed by atoms with Gasteiger partial charge in [-0.05, 0) is 38.1 Å². The number of thiophene rings is 1. The lowest BCUT2D eigenvalue weighted by molar-refractivity contribution is -0.123. The van der Waals surface area contributed by atoms with Crippen LogP contribution in [-0.2, 0) is 11.3 Å². The molecule has 3 heterocycles. The van der Waals surface area contributed by atoms with Gasteiger partial charge in [0, 0.05) is 22.6 Å². The Hall–Kier alpha value is -1.33. The Morgan fingerprint density at radius 3 is 3.00 bits per heavy atom. The van der Waals surface area contributed by atoms with Crippen LogP contribution in [0.1, 0.15) is 47.1 Å². The monoisotopic (exact) mass is 323 g/mol. The lowest BCUT2D eigenvalue weighted by atomic mass is 9.96. The van der Waals surface area contributed by atoms with Crippen LogP contribution in [0.3, 0.4) is 0 Å². The minimum absolute atomic E-state index is 0.0961. The van der Waals surface area contributed by atoms with Crippen molar-refractivity contribution in [1.82, 2.24) is 15.1 Å². The minimum Gasteiger partial charge on any atom is -0.349 e. The van der Waals surface area contributed by atoms with Crippen molar-refractivity contribution in [1.29, 1.82) is 0 Å². The molecule has 0 bridgehead atoms. The molecule has 0 aromatic carbocycles. The van der Waals surface area contributed by atoms with Gasteiger partial charge in [-0.25, -0.2) is 0 Å². The number of amides is 1. The second-order valence-corrected chi connectivity index (χ2v) is 6.85. The van der Waals surface area contributed by atoms with E-state index in [1.807, 2.05) is 23.1 Å². The molecule has 1 aliphatic rings. The normalized spacial score (nSPS) is 18.8. The van der Waals surface area contributed by atoms with Crippen LogP contribution in [0.25, 0.3) is 0 Å². The van der Waals surface area contributed by atoms with E-state index in [0.29, 0.717) is 13.0 Å². The molecule has 0 saturated carbocycles. The smallest absolute Gasteiger partial charge is 0.220 e. The number of piperidine rings is 1. The van der Waals surface area contributed by atoms with Crippen molar-refractivity contribution in [3.63, 3.8) is 0 Å². The number of carbonyl (C=O) groups is 1. The lowest BCUT2D eigenvalue weighted by Crippen LogP contribution is -2.33. The first kappa shape index (κ1) is 14.6. The summed E-state index contributed by atoms with van der Waals surface area (Å²) in [5, 5.41) is 10.5. The second-order valence-electron chi connectivity index (χ2n) is 5.45. The maximum absolute atomic E-state index is 11.6. The predicted molar refractivity (Wildman–Crippen MR) is 84.9 cm³/mol. The number of aryl methyl sites for hydroxylation is 1. The molecule has 112 valence electrons. The van der Waals surface area contributed by atoms with Crippen molar-refractivity contribution in [3.8, 4) is 0 Å². The van der Waals surface area contributed by atoms with E-state index in [4.69, 9.17) is 11.6 Å². The molecule has 1 amide bonds. The fraction of sp³-hybridized carbons (Fsp3) is 0.467. The molecule has 1 unspecified atom stereocenters. The topological polar surface area (TPSA) is 46.9 Å². The van der Waals surface area contributed by atoms with Gasteiger partial charge in [-0.3, -0.25) is 9.48 Å². The fourth-order valence-corrected chi connectivity index (χ4v) is 4.04. The molecule has 21 heavy (non-hydrogen) atoms. The van der Waals surface area contributed by atoms with Crippen LogP contribution >= 0.6 is 22.9 Å². The number of halogens is 1. The van der Waals surface area contributed by atoms with Gasteiger partial charge in [-0.15, -0.1) is 11.3 Å². The van der Waals surface area contributed by atoms with Gasteiger partial charge < -0.3 is 5.32 Å². The summed E-state index contributed by atoms with van der Waals surface area (Å²) in [7, 11) is 0. The van der Waals surface area contributed by atoms with E-state index in [9.17, 15) is 4.79 Å². The number of nitrogens with zero attached hydrogens (tertiary/aromatic N) is 2. The molecule has 1 aliphatic heterocycles. The largest absolute Gasteiger partial charge is 0.349 e. The van der Waals surface area contributed by atoms with Crippen LogP contribution < -0.4 is 5.32 Å². The van der Waals surface area contributed by atoms with Crippen molar-refractivity contribution in [2.75, 3.05) is 0 Å². The maximum atomic E-state index is 11.6. The first-order chi connectivity index (χ1) is 10.1. The summed E-state index contributed by atoms with van der Waals surface area (Å²) in [5.74, 6) is 0.138. The Morgan fingerprint density at radius 2 is 2.33 bits per heavy atom. The third-order valence-electron chi connectivity index (χ3n) is 4.00. The molecule has 0 radical (unpaired) electrons. The molecule has 1 saturated heterocycles. The first-order valence-electron chi connectivity index (χ1n) is 7.11. The molecule has 3 rings (SSSR count). The zero-order chi connectivity index (χ0) is 15.0. The van der Waals surface area contributed by atoms with Crippen molar-refractivity contribution in [3.05, 3.63) is 38.3 Å². The Labute approximate surface area is 133 Å². The zero-order valence-corrected chi connectivity index (χ0v) is 13.7. The highest BCUT2D eigenvalue weighted by molar-refractivity contribution is 7.10. The maximum Gasteiger partial charge on any atom is 0.220 e. The average molecular weight is 324 g/mol. The van der Waals surface area contributed by atoms with Crippen LogP contribution in [0.15, 0.2) is 11.4 Å². The summed E-state index contributed by atoms with van der Waals surface area (Å²) in [6, 6.07) is 2.01. The Bertz CT molecular complexity index is 677. The van der Waals surface area contributed by atoms with Crippen molar-refractivity contribution in [2.24, 2.45) is 0 Å². The van der Waals surface area contributed by atoms with E-state index in [-0.39, 0.29) is 11.9 Å². The van der Waals surface area contributed by atoms with E-state index in [1.165, 1.54) is 0 Å². The van der Waals surface area contributed by atoms with E-state index in [1.54, 1.807) is 11.3 Å². The molecule has 4 nitrogen and oxygen atoms in total. The molecule has 0 spiro atoms. The summed E-state index contributed by atoms with van der Waals surface area (Å²) in [6.07, 6.45) is 2.56. The SMILES string of the molecule is Cc1nn(Cc2sccc2Cl)c(C)c1C1CCCC(=O)N1. The third kappa shape index (κ3) is 2.85. The third-order valence-corrected chi connectivity index (χ3v) is 5.37. The van der Waals surface area contributed by atoms with Gasteiger partial charge in [0.25, 0.3) is 0 Å². The van der Waals surface area contributed by atoms with E-state index in [2.05, 4.69) is 17.3 Å². The standard InChI is InChI=1S/C15H18ClN3OS/c1-9-15(12-4-3-5-14(20)17-12)10(2)19(18-9)8-13-11(16)6-7-21-13/h6-7,12H,3-5,8H2,1-2H3,(H,17,20). The van der Waals surface area contributed by atoms with Gasteiger partial charge in [0.2, 0.25) is 5.91 Å².